The van der Waals surface area contributed by atoms with Gasteiger partial charge in [0.05, 0.1) is 6.04 Å². The lowest BCUT2D eigenvalue weighted by Crippen LogP contribution is -2.12. The number of hydrazine groups is 1. The summed E-state index contributed by atoms with van der Waals surface area (Å²) in [6.45, 7) is 5.91. The summed E-state index contributed by atoms with van der Waals surface area (Å²) in [6, 6.07) is 1.87. The van der Waals surface area contributed by atoms with Crippen LogP contribution >= 0.6 is 11.3 Å². The molecule has 0 saturated carbocycles. The molecule has 0 aromatic carbocycles. The Kier molecular flexibility index (Phi) is 3.73. The molecule has 4 N–H and O–H groups in total. The minimum atomic E-state index is 0.101. The highest BCUT2D eigenvalue weighted by Gasteiger charge is 2.10. The van der Waals surface area contributed by atoms with Crippen LogP contribution in [-0.4, -0.2) is 15.0 Å². The van der Waals surface area contributed by atoms with Crippen molar-refractivity contribution in [2.75, 3.05) is 10.7 Å². The second-order valence-corrected chi connectivity index (χ2v) is 5.27. The fourth-order valence-corrected chi connectivity index (χ4v) is 2.35. The van der Waals surface area contributed by atoms with Crippen molar-refractivity contribution in [3.8, 4) is 0 Å². The largest absolute Gasteiger partial charge is 0.361 e. The predicted molar refractivity (Wildman–Crippen MR) is 73.5 cm³/mol. The summed E-state index contributed by atoms with van der Waals surface area (Å²) in [5.74, 6) is 7.34. The molecule has 0 fully saturated rings. The van der Waals surface area contributed by atoms with E-state index in [1.807, 2.05) is 27.0 Å². The number of hydrogen-bond donors (Lipinski definition) is 3. The molecule has 0 bridgehead atoms. The molecule has 18 heavy (non-hydrogen) atoms. The average molecular weight is 264 g/mol. The highest BCUT2D eigenvalue weighted by Crippen LogP contribution is 2.23. The summed E-state index contributed by atoms with van der Waals surface area (Å²) in [5.41, 5.74) is 2.52. The van der Waals surface area contributed by atoms with Crippen LogP contribution in [0.15, 0.2) is 12.3 Å². The van der Waals surface area contributed by atoms with E-state index in [-0.39, 0.29) is 6.04 Å². The van der Waals surface area contributed by atoms with Crippen molar-refractivity contribution in [2.24, 2.45) is 5.84 Å². The zero-order valence-corrected chi connectivity index (χ0v) is 11.4. The first-order valence-electron chi connectivity index (χ1n) is 5.59. The van der Waals surface area contributed by atoms with Gasteiger partial charge in [0.2, 0.25) is 0 Å². The lowest BCUT2D eigenvalue weighted by Gasteiger charge is -2.13. The second-order valence-electron chi connectivity index (χ2n) is 4.01. The van der Waals surface area contributed by atoms with Crippen molar-refractivity contribution >= 4 is 23.0 Å². The average Bonchev–Trinajstić information content (AvgIpc) is 2.75. The van der Waals surface area contributed by atoms with Gasteiger partial charge in [-0.05, 0) is 20.8 Å². The summed E-state index contributed by atoms with van der Waals surface area (Å²) >= 11 is 1.67. The van der Waals surface area contributed by atoms with E-state index >= 15 is 0 Å². The quantitative estimate of drug-likeness (QED) is 0.578. The van der Waals surface area contributed by atoms with Crippen LogP contribution in [0.4, 0.5) is 11.6 Å². The van der Waals surface area contributed by atoms with Crippen LogP contribution in [0.2, 0.25) is 0 Å². The number of nitrogens with zero attached hydrogens (tertiary/aromatic N) is 3. The maximum Gasteiger partial charge on any atom is 0.145 e. The van der Waals surface area contributed by atoms with Crippen LogP contribution in [0.3, 0.4) is 0 Å². The van der Waals surface area contributed by atoms with E-state index in [4.69, 9.17) is 5.84 Å². The Morgan fingerprint density at radius 3 is 2.61 bits per heavy atom. The highest BCUT2D eigenvalue weighted by atomic mass is 32.1. The fraction of sp³-hybridized carbons (Fsp3) is 0.364. The van der Waals surface area contributed by atoms with Crippen molar-refractivity contribution in [3.05, 3.63) is 28.0 Å². The van der Waals surface area contributed by atoms with Gasteiger partial charge in [-0.25, -0.2) is 20.8 Å². The van der Waals surface area contributed by atoms with Gasteiger partial charge in [0, 0.05) is 17.1 Å². The van der Waals surface area contributed by atoms with Crippen molar-refractivity contribution < 1.29 is 0 Å². The zero-order valence-electron chi connectivity index (χ0n) is 10.6. The van der Waals surface area contributed by atoms with Gasteiger partial charge in [0.15, 0.2) is 0 Å². The smallest absolute Gasteiger partial charge is 0.145 e. The Morgan fingerprint density at radius 2 is 2.00 bits per heavy atom. The molecule has 1 atom stereocenters. The summed E-state index contributed by atoms with van der Waals surface area (Å²) in [6.07, 6.45) is 1.87. The first kappa shape index (κ1) is 12.7. The molecule has 0 radical (unpaired) electrons. The molecular formula is C11H16N6S. The molecule has 7 heteroatoms. The van der Waals surface area contributed by atoms with E-state index in [1.165, 1.54) is 4.88 Å². The van der Waals surface area contributed by atoms with Gasteiger partial charge < -0.3 is 10.7 Å². The van der Waals surface area contributed by atoms with Gasteiger partial charge >= 0.3 is 0 Å². The van der Waals surface area contributed by atoms with Gasteiger partial charge in [0.25, 0.3) is 0 Å². The minimum Gasteiger partial charge on any atom is -0.361 e. The third-order valence-corrected chi connectivity index (χ3v) is 3.46. The van der Waals surface area contributed by atoms with Crippen LogP contribution < -0.4 is 16.6 Å². The topological polar surface area (TPSA) is 88.8 Å². The van der Waals surface area contributed by atoms with Crippen molar-refractivity contribution in [2.45, 2.75) is 26.8 Å². The van der Waals surface area contributed by atoms with E-state index < -0.39 is 0 Å². The normalized spacial score (nSPS) is 12.2. The maximum absolute atomic E-state index is 5.35. The molecule has 0 aliphatic heterocycles. The third kappa shape index (κ3) is 2.93. The number of anilines is 2. The second kappa shape index (κ2) is 5.28. The lowest BCUT2D eigenvalue weighted by atomic mass is 10.3. The zero-order chi connectivity index (χ0) is 13.1. The first-order valence-corrected chi connectivity index (χ1v) is 6.41. The summed E-state index contributed by atoms with van der Waals surface area (Å²) in [5, 5.41) is 4.32. The minimum absolute atomic E-state index is 0.101. The number of nitrogen functional groups attached to an aromatic ring is 1. The molecule has 0 aliphatic rings. The fourth-order valence-electron chi connectivity index (χ4n) is 1.57. The van der Waals surface area contributed by atoms with Crippen LogP contribution in [0, 0.1) is 13.8 Å². The summed E-state index contributed by atoms with van der Waals surface area (Å²) in [7, 11) is 0. The van der Waals surface area contributed by atoms with E-state index in [0.717, 1.165) is 10.8 Å². The Bertz CT molecular complexity index is 538. The van der Waals surface area contributed by atoms with Crippen LogP contribution in [0.5, 0.6) is 0 Å². The van der Waals surface area contributed by atoms with E-state index in [1.54, 1.807) is 17.4 Å². The van der Waals surface area contributed by atoms with Crippen LogP contribution in [0.25, 0.3) is 0 Å². The molecule has 2 aromatic heterocycles. The number of nitrogens with two attached hydrogens (primary N) is 1. The lowest BCUT2D eigenvalue weighted by molar-refractivity contribution is 0.854. The number of hydrogen-bond acceptors (Lipinski definition) is 7. The van der Waals surface area contributed by atoms with Crippen molar-refractivity contribution in [3.63, 3.8) is 0 Å². The van der Waals surface area contributed by atoms with Gasteiger partial charge in [0.1, 0.15) is 22.5 Å². The number of aryl methyl sites for hydroxylation is 2. The first-order chi connectivity index (χ1) is 8.58. The number of nitrogens with one attached hydrogen (secondary N) is 2. The summed E-state index contributed by atoms with van der Waals surface area (Å²) in [4.78, 5) is 14.0. The van der Waals surface area contributed by atoms with Gasteiger partial charge in [-0.15, -0.1) is 11.3 Å². The highest BCUT2D eigenvalue weighted by molar-refractivity contribution is 7.11. The Labute approximate surface area is 110 Å². The molecule has 0 amide bonds. The van der Waals surface area contributed by atoms with Gasteiger partial charge in [-0.2, -0.15) is 0 Å². The predicted octanol–water partition coefficient (Wildman–Crippen LogP) is 2.01. The monoisotopic (exact) mass is 264 g/mol. The van der Waals surface area contributed by atoms with Gasteiger partial charge in [-0.1, -0.05) is 0 Å². The molecule has 1 unspecified atom stereocenters. The van der Waals surface area contributed by atoms with Crippen molar-refractivity contribution in [1.29, 1.82) is 0 Å². The Hall–Kier alpha value is -1.73. The van der Waals surface area contributed by atoms with E-state index in [0.29, 0.717) is 11.6 Å². The molecule has 2 heterocycles. The molecular weight excluding hydrogens is 248 g/mol. The molecule has 96 valence electrons. The maximum atomic E-state index is 5.35. The van der Waals surface area contributed by atoms with Crippen LogP contribution in [0.1, 0.15) is 28.7 Å². The molecule has 2 rings (SSSR count). The van der Waals surface area contributed by atoms with Crippen molar-refractivity contribution in [1.82, 2.24) is 15.0 Å². The molecule has 0 saturated heterocycles. The SMILES string of the molecule is Cc1nc(NN)cc(NC(C)c2ncc(C)s2)n1. The number of thiazole rings is 1. The van der Waals surface area contributed by atoms with E-state index in [9.17, 15) is 0 Å². The molecule has 0 aliphatic carbocycles. The third-order valence-electron chi connectivity index (χ3n) is 2.36. The summed E-state index contributed by atoms with van der Waals surface area (Å²) < 4.78 is 0. The molecule has 6 nitrogen and oxygen atoms in total. The van der Waals surface area contributed by atoms with E-state index in [2.05, 4.69) is 25.7 Å². The molecule has 0 spiro atoms. The van der Waals surface area contributed by atoms with Crippen LogP contribution in [-0.2, 0) is 0 Å². The number of aromatic nitrogens is 3. The standard InChI is InChI=1S/C11H16N6S/c1-6-5-13-11(18-6)7(2)14-9-4-10(17-12)16-8(3)15-9/h4-5,7H,12H2,1-3H3,(H2,14,15,16,17). The number of rotatable bonds is 4. The Balaban J connectivity index is 2.16. The Morgan fingerprint density at radius 1 is 1.28 bits per heavy atom. The molecule has 2 aromatic rings. The van der Waals surface area contributed by atoms with Gasteiger partial charge in [-0.3, -0.25) is 0 Å².